The van der Waals surface area contributed by atoms with E-state index in [1.165, 1.54) is 24.3 Å². The molecule has 0 fully saturated rings. The molecule has 0 aliphatic heterocycles. The first kappa shape index (κ1) is 18.8. The van der Waals surface area contributed by atoms with Gasteiger partial charge in [0, 0.05) is 11.0 Å². The number of hydrogen-bond acceptors (Lipinski definition) is 3. The highest BCUT2D eigenvalue weighted by molar-refractivity contribution is 9.10. The van der Waals surface area contributed by atoms with E-state index in [1.807, 2.05) is 6.92 Å². The van der Waals surface area contributed by atoms with Gasteiger partial charge in [-0.05, 0) is 47.9 Å². The van der Waals surface area contributed by atoms with E-state index in [0.29, 0.717) is 17.5 Å². The lowest BCUT2D eigenvalue weighted by Gasteiger charge is -2.11. The maximum atomic E-state index is 12.5. The van der Waals surface area contributed by atoms with Gasteiger partial charge in [0.05, 0.1) is 4.90 Å². The molecule has 0 aliphatic rings. The van der Waals surface area contributed by atoms with Gasteiger partial charge in [-0.15, -0.1) is 0 Å². The normalized spacial score (nSPS) is 11.7. The first-order chi connectivity index (χ1) is 11.3. The van der Waals surface area contributed by atoms with Crippen molar-refractivity contribution in [1.82, 2.24) is 4.72 Å². The number of sulfonamides is 1. The van der Waals surface area contributed by atoms with Crippen molar-refractivity contribution >= 4 is 26.0 Å². The number of halogens is 3. The Kier molecular flexibility index (Phi) is 6.31. The van der Waals surface area contributed by atoms with Gasteiger partial charge in [-0.1, -0.05) is 35.0 Å². The fourth-order valence-electron chi connectivity index (χ4n) is 2.13. The van der Waals surface area contributed by atoms with Crippen LogP contribution in [0.5, 0.6) is 5.75 Å². The van der Waals surface area contributed by atoms with Gasteiger partial charge < -0.3 is 4.74 Å². The number of rotatable bonds is 7. The average Bonchev–Trinajstić information content (AvgIpc) is 2.53. The maximum absolute atomic E-state index is 12.5. The first-order valence-corrected chi connectivity index (χ1v) is 9.41. The number of ether oxygens (including phenoxy) is 1. The molecule has 0 spiro atoms. The van der Waals surface area contributed by atoms with Crippen molar-refractivity contribution in [2.24, 2.45) is 0 Å². The van der Waals surface area contributed by atoms with Gasteiger partial charge in [-0.3, -0.25) is 0 Å². The quantitative estimate of drug-likeness (QED) is 0.734. The van der Waals surface area contributed by atoms with Crippen LogP contribution in [-0.4, -0.2) is 15.0 Å². The summed E-state index contributed by atoms with van der Waals surface area (Å²) >= 11 is 3.32. The van der Waals surface area contributed by atoms with E-state index in [4.69, 9.17) is 0 Å². The smallest absolute Gasteiger partial charge is 0.387 e. The molecule has 0 aliphatic carbocycles. The summed E-state index contributed by atoms with van der Waals surface area (Å²) in [6.45, 7) is -0.960. The van der Waals surface area contributed by atoms with Gasteiger partial charge in [-0.2, -0.15) is 8.78 Å². The molecule has 0 unspecified atom stereocenters. The van der Waals surface area contributed by atoms with E-state index in [2.05, 4.69) is 25.4 Å². The number of nitrogens with one attached hydrogen (secondary N) is 1. The molecule has 0 aromatic heterocycles. The van der Waals surface area contributed by atoms with Crippen molar-refractivity contribution in [2.75, 3.05) is 0 Å². The van der Waals surface area contributed by atoms with Crippen molar-refractivity contribution in [3.05, 3.63) is 58.1 Å². The van der Waals surface area contributed by atoms with Crippen LogP contribution in [0.2, 0.25) is 0 Å². The van der Waals surface area contributed by atoms with E-state index >= 15 is 0 Å². The van der Waals surface area contributed by atoms with Crippen molar-refractivity contribution < 1.29 is 21.9 Å². The Morgan fingerprint density at radius 1 is 1.17 bits per heavy atom. The van der Waals surface area contributed by atoms with Gasteiger partial charge in [0.15, 0.2) is 0 Å². The summed E-state index contributed by atoms with van der Waals surface area (Å²) < 4.78 is 56.7. The molecule has 2 aromatic carbocycles. The van der Waals surface area contributed by atoms with Crippen LogP contribution in [0, 0.1) is 0 Å². The average molecular weight is 420 g/mol. The van der Waals surface area contributed by atoms with Crippen LogP contribution in [0.1, 0.15) is 18.1 Å². The third-order valence-corrected chi connectivity index (χ3v) is 5.30. The summed E-state index contributed by atoms with van der Waals surface area (Å²) in [5, 5.41) is 0. The first-order valence-electron chi connectivity index (χ1n) is 7.13. The molecule has 0 heterocycles. The lowest BCUT2D eigenvalue weighted by atomic mass is 10.2. The summed E-state index contributed by atoms with van der Waals surface area (Å²) in [6.07, 6.45) is 0.579. The molecule has 0 bridgehead atoms. The third-order valence-electron chi connectivity index (χ3n) is 3.31. The number of aryl methyl sites for hydroxylation is 1. The summed E-state index contributed by atoms with van der Waals surface area (Å²) in [6, 6.07) is 10.8. The van der Waals surface area contributed by atoms with Crippen molar-refractivity contribution in [3.8, 4) is 5.75 Å². The predicted molar refractivity (Wildman–Crippen MR) is 90.6 cm³/mol. The molecular formula is C16H16BrF2NO3S. The minimum Gasteiger partial charge on any atom is -0.435 e. The van der Waals surface area contributed by atoms with E-state index in [1.54, 1.807) is 18.2 Å². The van der Waals surface area contributed by atoms with Crippen LogP contribution in [0.25, 0.3) is 0 Å². The van der Waals surface area contributed by atoms with Gasteiger partial charge >= 0.3 is 6.61 Å². The van der Waals surface area contributed by atoms with Gasteiger partial charge in [0.25, 0.3) is 0 Å². The zero-order valence-electron chi connectivity index (χ0n) is 12.8. The zero-order valence-corrected chi connectivity index (χ0v) is 15.2. The fourth-order valence-corrected chi connectivity index (χ4v) is 3.85. The standard InChI is InChI=1S/C16H16BrF2NO3S/c1-2-12-9-13(17)5-8-15(12)24(21,22)20-10-11-3-6-14(7-4-11)23-16(18)19/h3-9,16,20H,2,10H2,1H3. The van der Waals surface area contributed by atoms with Crippen molar-refractivity contribution in [3.63, 3.8) is 0 Å². The molecule has 4 nitrogen and oxygen atoms in total. The molecule has 0 amide bonds. The summed E-state index contributed by atoms with van der Waals surface area (Å²) in [5.41, 5.74) is 1.34. The van der Waals surface area contributed by atoms with Gasteiger partial charge in [-0.25, -0.2) is 13.1 Å². The van der Waals surface area contributed by atoms with E-state index < -0.39 is 16.6 Å². The van der Waals surface area contributed by atoms with Crippen LogP contribution in [0.15, 0.2) is 51.8 Å². The SMILES string of the molecule is CCc1cc(Br)ccc1S(=O)(=O)NCc1ccc(OC(F)F)cc1. The van der Waals surface area contributed by atoms with Crippen LogP contribution in [-0.2, 0) is 23.0 Å². The molecule has 0 atom stereocenters. The van der Waals surface area contributed by atoms with Crippen molar-refractivity contribution in [2.45, 2.75) is 31.4 Å². The molecule has 8 heteroatoms. The largest absolute Gasteiger partial charge is 0.435 e. The monoisotopic (exact) mass is 419 g/mol. The third kappa shape index (κ3) is 4.99. The summed E-state index contributed by atoms with van der Waals surface area (Å²) in [4.78, 5) is 0.228. The molecule has 130 valence electrons. The van der Waals surface area contributed by atoms with Gasteiger partial charge in [0.2, 0.25) is 10.0 Å². The molecule has 1 N–H and O–H groups in total. The maximum Gasteiger partial charge on any atom is 0.387 e. The summed E-state index contributed by atoms with van der Waals surface area (Å²) in [7, 11) is -3.67. The Balaban J connectivity index is 2.10. The molecule has 0 saturated carbocycles. The fraction of sp³-hybridized carbons (Fsp3) is 0.250. The summed E-state index contributed by atoms with van der Waals surface area (Å²) in [5.74, 6) is 0.0257. The second kappa shape index (κ2) is 8.04. The molecule has 24 heavy (non-hydrogen) atoms. The minimum absolute atomic E-state index is 0.0257. The second-order valence-electron chi connectivity index (χ2n) is 4.95. The lowest BCUT2D eigenvalue weighted by molar-refractivity contribution is -0.0498. The highest BCUT2D eigenvalue weighted by atomic mass is 79.9. The Morgan fingerprint density at radius 2 is 1.83 bits per heavy atom. The van der Waals surface area contributed by atoms with Crippen molar-refractivity contribution in [1.29, 1.82) is 0 Å². The van der Waals surface area contributed by atoms with Gasteiger partial charge in [0.1, 0.15) is 5.75 Å². The van der Waals surface area contributed by atoms with Crippen LogP contribution in [0.3, 0.4) is 0 Å². The topological polar surface area (TPSA) is 55.4 Å². The highest BCUT2D eigenvalue weighted by Crippen LogP contribution is 2.22. The van der Waals surface area contributed by atoms with Crippen LogP contribution >= 0.6 is 15.9 Å². The molecule has 0 radical (unpaired) electrons. The number of benzene rings is 2. The Morgan fingerprint density at radius 3 is 2.42 bits per heavy atom. The number of alkyl halides is 2. The van der Waals surface area contributed by atoms with E-state index in [-0.39, 0.29) is 17.2 Å². The van der Waals surface area contributed by atoms with Crippen LogP contribution in [0.4, 0.5) is 8.78 Å². The second-order valence-corrected chi connectivity index (χ2v) is 7.60. The molecule has 2 aromatic rings. The lowest BCUT2D eigenvalue weighted by Crippen LogP contribution is -2.24. The molecule has 0 saturated heterocycles. The molecular weight excluding hydrogens is 404 g/mol. The zero-order chi connectivity index (χ0) is 17.7. The van der Waals surface area contributed by atoms with E-state index in [0.717, 1.165) is 4.47 Å². The highest BCUT2D eigenvalue weighted by Gasteiger charge is 2.17. The molecule has 2 rings (SSSR count). The number of hydrogen-bond donors (Lipinski definition) is 1. The Labute approximate surface area is 148 Å². The Bertz CT molecular complexity index is 795. The Hall–Kier alpha value is -1.51. The van der Waals surface area contributed by atoms with Crippen LogP contribution < -0.4 is 9.46 Å². The minimum atomic E-state index is -3.67. The van der Waals surface area contributed by atoms with E-state index in [9.17, 15) is 17.2 Å². The predicted octanol–water partition coefficient (Wildman–Crippen LogP) is 4.09.